The standard InChI is InChI=1S/C25H22N4O2S/c1-31-18-13-11-17(12-14-18)28-16-6-9-21(28)24-23(19-7-4-5-15-26-19)27-25(32)29(24)20-8-2-3-10-22(20)30/h2-16,23-24,30H,1H3,(H,27,32)/t23-,24+/m1/s1. The molecule has 1 aliphatic heterocycles. The second-order valence-corrected chi connectivity index (χ2v) is 7.87. The Kier molecular flexibility index (Phi) is 5.25. The van der Waals surface area contributed by atoms with Gasteiger partial charge in [-0.2, -0.15) is 0 Å². The van der Waals surface area contributed by atoms with Gasteiger partial charge in [0.1, 0.15) is 17.5 Å². The molecule has 2 N–H and O–H groups in total. The molecule has 5 rings (SSSR count). The number of nitrogens with one attached hydrogen (secondary N) is 1. The Hall–Kier alpha value is -3.84. The van der Waals surface area contributed by atoms with Crippen LogP contribution in [0.1, 0.15) is 23.5 Å². The predicted octanol–water partition coefficient (Wildman–Crippen LogP) is 4.76. The van der Waals surface area contributed by atoms with Crippen LogP contribution >= 0.6 is 12.2 Å². The minimum Gasteiger partial charge on any atom is -0.506 e. The monoisotopic (exact) mass is 442 g/mol. The number of pyridine rings is 1. The fraction of sp³-hybridized carbons (Fsp3) is 0.120. The van der Waals surface area contributed by atoms with Crippen LogP contribution in [0.5, 0.6) is 11.5 Å². The number of aromatic nitrogens is 2. The number of benzene rings is 2. The van der Waals surface area contributed by atoms with Crippen molar-refractivity contribution < 1.29 is 9.84 Å². The second kappa shape index (κ2) is 8.36. The molecule has 1 aliphatic rings. The first-order chi connectivity index (χ1) is 15.7. The molecule has 0 saturated carbocycles. The van der Waals surface area contributed by atoms with E-state index in [0.29, 0.717) is 10.8 Å². The molecule has 2 aromatic heterocycles. The molecule has 7 heteroatoms. The van der Waals surface area contributed by atoms with E-state index in [1.165, 1.54) is 0 Å². The highest BCUT2D eigenvalue weighted by molar-refractivity contribution is 7.80. The molecule has 0 amide bonds. The molecule has 1 saturated heterocycles. The summed E-state index contributed by atoms with van der Waals surface area (Å²) < 4.78 is 7.44. The van der Waals surface area contributed by atoms with Crippen LogP contribution in [0.15, 0.2) is 91.3 Å². The summed E-state index contributed by atoms with van der Waals surface area (Å²) in [5, 5.41) is 14.6. The van der Waals surface area contributed by atoms with Crippen LogP contribution in [0.4, 0.5) is 5.69 Å². The van der Waals surface area contributed by atoms with Crippen molar-refractivity contribution in [1.29, 1.82) is 0 Å². The van der Waals surface area contributed by atoms with Crippen molar-refractivity contribution in [3.05, 3.63) is 103 Å². The van der Waals surface area contributed by atoms with Crippen LogP contribution in [-0.2, 0) is 0 Å². The third kappa shape index (κ3) is 3.46. The molecule has 160 valence electrons. The summed E-state index contributed by atoms with van der Waals surface area (Å²) in [5.41, 5.74) is 3.54. The first-order valence-electron chi connectivity index (χ1n) is 10.3. The summed E-state index contributed by atoms with van der Waals surface area (Å²) >= 11 is 5.75. The molecule has 1 fully saturated rings. The van der Waals surface area contributed by atoms with Crippen molar-refractivity contribution in [1.82, 2.24) is 14.9 Å². The highest BCUT2D eigenvalue weighted by Crippen LogP contribution is 2.44. The van der Waals surface area contributed by atoms with Crippen molar-refractivity contribution >= 4 is 23.0 Å². The Labute approximate surface area is 191 Å². The number of hydrogen-bond acceptors (Lipinski definition) is 4. The van der Waals surface area contributed by atoms with Crippen molar-refractivity contribution in [3.63, 3.8) is 0 Å². The van der Waals surface area contributed by atoms with Gasteiger partial charge in [-0.25, -0.2) is 0 Å². The Morgan fingerprint density at radius 2 is 1.75 bits per heavy atom. The van der Waals surface area contributed by atoms with E-state index in [1.807, 2.05) is 71.8 Å². The molecule has 0 spiro atoms. The number of nitrogens with zero attached hydrogens (tertiary/aromatic N) is 3. The SMILES string of the molecule is COc1ccc(-n2cccc2[C@H]2[C@@H](c3ccccn3)NC(=S)N2c2ccccc2O)cc1. The molecule has 0 unspecified atom stereocenters. The first-order valence-corrected chi connectivity index (χ1v) is 10.7. The van der Waals surface area contributed by atoms with Gasteiger partial charge in [0.15, 0.2) is 5.11 Å². The zero-order valence-corrected chi connectivity index (χ0v) is 18.2. The first kappa shape index (κ1) is 20.1. The number of para-hydroxylation sites is 2. The lowest BCUT2D eigenvalue weighted by molar-refractivity contribution is 0.414. The van der Waals surface area contributed by atoms with E-state index in [9.17, 15) is 5.11 Å². The molecule has 32 heavy (non-hydrogen) atoms. The number of thiocarbonyl (C=S) groups is 1. The van der Waals surface area contributed by atoms with Gasteiger partial charge in [0, 0.05) is 23.8 Å². The van der Waals surface area contributed by atoms with Gasteiger partial charge in [0.2, 0.25) is 0 Å². The number of rotatable bonds is 5. The van der Waals surface area contributed by atoms with Crippen molar-refractivity contribution in [2.24, 2.45) is 0 Å². The number of methoxy groups -OCH3 is 1. The lowest BCUT2D eigenvalue weighted by atomic mass is 10.0. The minimum absolute atomic E-state index is 0.172. The molecule has 0 radical (unpaired) electrons. The smallest absolute Gasteiger partial charge is 0.174 e. The summed E-state index contributed by atoms with van der Waals surface area (Å²) in [5.74, 6) is 0.972. The van der Waals surface area contributed by atoms with E-state index in [0.717, 1.165) is 22.8 Å². The Morgan fingerprint density at radius 1 is 0.969 bits per heavy atom. The summed E-state index contributed by atoms with van der Waals surface area (Å²) in [6.45, 7) is 0. The van der Waals surface area contributed by atoms with Gasteiger partial charge in [-0.15, -0.1) is 0 Å². The maximum atomic E-state index is 10.6. The number of hydrogen-bond donors (Lipinski definition) is 2. The van der Waals surface area contributed by atoms with Crippen LogP contribution in [0.2, 0.25) is 0 Å². The van der Waals surface area contributed by atoms with Crippen molar-refractivity contribution in [2.45, 2.75) is 12.1 Å². The molecule has 2 aromatic carbocycles. The molecular formula is C25H22N4O2S. The Morgan fingerprint density at radius 3 is 2.47 bits per heavy atom. The summed E-state index contributed by atoms with van der Waals surface area (Å²) in [6.07, 6.45) is 3.80. The van der Waals surface area contributed by atoms with Crippen molar-refractivity contribution in [3.8, 4) is 17.2 Å². The average Bonchev–Trinajstić information content (AvgIpc) is 3.44. The van der Waals surface area contributed by atoms with Crippen LogP contribution in [-0.4, -0.2) is 26.9 Å². The van der Waals surface area contributed by atoms with E-state index in [1.54, 1.807) is 25.4 Å². The summed E-state index contributed by atoms with van der Waals surface area (Å²) in [6, 6.07) is 24.7. The minimum atomic E-state index is -0.234. The van der Waals surface area contributed by atoms with Gasteiger partial charge in [-0.1, -0.05) is 18.2 Å². The van der Waals surface area contributed by atoms with E-state index < -0.39 is 0 Å². The molecule has 2 atom stereocenters. The van der Waals surface area contributed by atoms with Crippen LogP contribution in [0.25, 0.3) is 5.69 Å². The van der Waals surface area contributed by atoms with E-state index in [4.69, 9.17) is 17.0 Å². The lowest BCUT2D eigenvalue weighted by Gasteiger charge is -2.29. The highest BCUT2D eigenvalue weighted by atomic mass is 32.1. The topological polar surface area (TPSA) is 62.5 Å². The normalized spacial score (nSPS) is 17.9. The fourth-order valence-corrected chi connectivity index (χ4v) is 4.53. The third-order valence-corrected chi connectivity index (χ3v) is 5.99. The Balaban J connectivity index is 1.66. The molecular weight excluding hydrogens is 420 g/mol. The number of phenolic OH excluding ortho intramolecular Hbond substituents is 1. The third-order valence-electron chi connectivity index (χ3n) is 5.67. The number of phenols is 1. The highest BCUT2D eigenvalue weighted by Gasteiger charge is 2.42. The summed E-state index contributed by atoms with van der Waals surface area (Å²) in [7, 11) is 1.66. The molecule has 0 aliphatic carbocycles. The fourth-order valence-electron chi connectivity index (χ4n) is 4.20. The van der Waals surface area contributed by atoms with Gasteiger partial charge in [-0.3, -0.25) is 4.98 Å². The predicted molar refractivity (Wildman–Crippen MR) is 128 cm³/mol. The van der Waals surface area contributed by atoms with E-state index >= 15 is 0 Å². The van der Waals surface area contributed by atoms with Gasteiger partial charge in [0.05, 0.1) is 24.5 Å². The van der Waals surface area contributed by atoms with E-state index in [-0.39, 0.29) is 17.8 Å². The number of aromatic hydroxyl groups is 1. The quantitative estimate of drug-likeness (QED) is 0.435. The van der Waals surface area contributed by atoms with Gasteiger partial charge in [0.25, 0.3) is 0 Å². The Bertz CT molecular complexity index is 1240. The van der Waals surface area contributed by atoms with Crippen molar-refractivity contribution in [2.75, 3.05) is 12.0 Å². The van der Waals surface area contributed by atoms with Crippen LogP contribution in [0, 0.1) is 0 Å². The largest absolute Gasteiger partial charge is 0.506 e. The molecule has 6 nitrogen and oxygen atoms in total. The van der Waals surface area contributed by atoms with Gasteiger partial charge >= 0.3 is 0 Å². The maximum absolute atomic E-state index is 10.6. The molecule has 3 heterocycles. The van der Waals surface area contributed by atoms with Gasteiger partial charge < -0.3 is 24.6 Å². The van der Waals surface area contributed by atoms with E-state index in [2.05, 4.69) is 20.9 Å². The van der Waals surface area contributed by atoms with Crippen LogP contribution in [0.3, 0.4) is 0 Å². The maximum Gasteiger partial charge on any atom is 0.174 e. The van der Waals surface area contributed by atoms with Gasteiger partial charge in [-0.05, 0) is 72.9 Å². The zero-order valence-electron chi connectivity index (χ0n) is 17.4. The molecule has 4 aromatic rings. The zero-order chi connectivity index (χ0) is 22.1. The number of ether oxygens (including phenoxy) is 1. The van der Waals surface area contributed by atoms with Crippen LogP contribution < -0.4 is 15.0 Å². The average molecular weight is 443 g/mol. The lowest BCUT2D eigenvalue weighted by Crippen LogP contribution is -2.30. The number of anilines is 1. The second-order valence-electron chi connectivity index (χ2n) is 7.49. The summed E-state index contributed by atoms with van der Waals surface area (Å²) in [4.78, 5) is 6.57. The molecule has 0 bridgehead atoms.